The Labute approximate surface area is 194 Å². The summed E-state index contributed by atoms with van der Waals surface area (Å²) in [4.78, 5) is 28.8. The van der Waals surface area contributed by atoms with E-state index in [4.69, 9.17) is 4.42 Å². The summed E-state index contributed by atoms with van der Waals surface area (Å²) in [6, 6.07) is 3.04. The molecule has 1 amide bonds. The number of amides is 1. The third kappa shape index (κ3) is 4.71. The van der Waals surface area contributed by atoms with Gasteiger partial charge in [-0.25, -0.2) is 4.68 Å². The second-order valence-electron chi connectivity index (χ2n) is 9.77. The molecule has 1 saturated heterocycles. The molecule has 3 aromatic rings. The number of aryl methyl sites for hydroxylation is 2. The van der Waals surface area contributed by atoms with Crippen LogP contribution in [-0.4, -0.2) is 51.2 Å². The molecule has 3 atom stereocenters. The molecule has 0 bridgehead atoms. The van der Waals surface area contributed by atoms with Gasteiger partial charge in [-0.15, -0.1) is 0 Å². The van der Waals surface area contributed by atoms with Crippen LogP contribution < -0.4 is 10.9 Å². The second-order valence-corrected chi connectivity index (χ2v) is 9.77. The Morgan fingerprint density at radius 1 is 1.21 bits per heavy atom. The van der Waals surface area contributed by atoms with Gasteiger partial charge < -0.3 is 14.6 Å². The van der Waals surface area contributed by atoms with Crippen LogP contribution in [0, 0.1) is 18.8 Å². The highest BCUT2D eigenvalue weighted by Gasteiger charge is 2.25. The lowest BCUT2D eigenvalue weighted by Crippen LogP contribution is -2.42. The molecular weight excluding hydrogens is 418 g/mol. The standard InChI is InChI=1S/C25H37N5O3/c1-6-19(24(31)26-9-8-10-28-14-16(3)11-17(4)15-28)30-25(32)21-13-22-20(12-18(5)33-22)29(21)23(7-2)27-30/h12-13,16-17,19H,6-11,14-15H2,1-5H3,(H,26,31)/t16-,17+,19-/m0/s1. The third-order valence-electron chi connectivity index (χ3n) is 6.72. The minimum atomic E-state index is -0.634. The number of carbonyl (C=O) groups excluding carboxylic acids is 1. The SMILES string of the molecule is CCc1nn([C@@H](CC)C(=O)NCCCN2C[C@H](C)C[C@H](C)C2)c(=O)c2cc3oc(C)cc3n12. The normalized spacial score (nSPS) is 20.5. The quantitative estimate of drug-likeness (QED) is 0.525. The van der Waals surface area contributed by atoms with E-state index in [2.05, 4.69) is 29.2 Å². The summed E-state index contributed by atoms with van der Waals surface area (Å²) in [7, 11) is 0. The summed E-state index contributed by atoms with van der Waals surface area (Å²) in [6.07, 6.45) is 3.33. The third-order valence-corrected chi connectivity index (χ3v) is 6.72. The Kier molecular flexibility index (Phi) is 6.93. The van der Waals surface area contributed by atoms with Crippen LogP contribution in [0.1, 0.15) is 64.6 Å². The highest BCUT2D eigenvalue weighted by atomic mass is 16.3. The summed E-state index contributed by atoms with van der Waals surface area (Å²) < 4.78 is 8.95. The first-order chi connectivity index (χ1) is 15.8. The Morgan fingerprint density at radius 3 is 2.61 bits per heavy atom. The number of hydrogen-bond acceptors (Lipinski definition) is 5. The van der Waals surface area contributed by atoms with Gasteiger partial charge in [0.2, 0.25) is 5.91 Å². The monoisotopic (exact) mass is 455 g/mol. The number of nitrogens with zero attached hydrogens (tertiary/aromatic N) is 4. The Morgan fingerprint density at radius 2 is 1.94 bits per heavy atom. The number of hydrogen-bond donors (Lipinski definition) is 1. The predicted molar refractivity (Wildman–Crippen MR) is 130 cm³/mol. The number of aromatic nitrogens is 3. The Balaban J connectivity index is 1.48. The van der Waals surface area contributed by atoms with Gasteiger partial charge in [0.05, 0.1) is 5.52 Å². The highest BCUT2D eigenvalue weighted by molar-refractivity contribution is 5.83. The van der Waals surface area contributed by atoms with Crippen molar-refractivity contribution >= 4 is 22.5 Å². The molecule has 33 heavy (non-hydrogen) atoms. The van der Waals surface area contributed by atoms with E-state index in [-0.39, 0.29) is 11.5 Å². The van der Waals surface area contributed by atoms with Gasteiger partial charge in [0.15, 0.2) is 5.58 Å². The molecule has 1 aliphatic heterocycles. The zero-order valence-electron chi connectivity index (χ0n) is 20.6. The van der Waals surface area contributed by atoms with E-state index in [1.165, 1.54) is 11.1 Å². The maximum Gasteiger partial charge on any atom is 0.291 e. The second kappa shape index (κ2) is 9.71. The Bertz CT molecular complexity index is 1180. The van der Waals surface area contributed by atoms with E-state index >= 15 is 0 Å². The van der Waals surface area contributed by atoms with Crippen LogP contribution in [0.15, 0.2) is 21.3 Å². The molecule has 0 aromatic carbocycles. The fourth-order valence-electron chi connectivity index (χ4n) is 5.40. The van der Waals surface area contributed by atoms with Crippen LogP contribution in [0.3, 0.4) is 0 Å². The van der Waals surface area contributed by atoms with Gasteiger partial charge in [-0.3, -0.25) is 14.0 Å². The summed E-state index contributed by atoms with van der Waals surface area (Å²) in [6.45, 7) is 14.3. The minimum absolute atomic E-state index is 0.148. The molecular formula is C25H37N5O3. The van der Waals surface area contributed by atoms with Gasteiger partial charge in [-0.2, -0.15) is 5.10 Å². The number of furan rings is 1. The molecule has 0 spiro atoms. The molecule has 3 aromatic heterocycles. The van der Waals surface area contributed by atoms with E-state index in [1.807, 2.05) is 31.2 Å². The lowest BCUT2D eigenvalue weighted by atomic mass is 9.92. The number of likely N-dealkylation sites (tertiary alicyclic amines) is 1. The van der Waals surface area contributed by atoms with Crippen LogP contribution in [0.4, 0.5) is 0 Å². The van der Waals surface area contributed by atoms with Crippen molar-refractivity contribution < 1.29 is 9.21 Å². The summed E-state index contributed by atoms with van der Waals surface area (Å²) in [5.41, 5.74) is 1.73. The number of rotatable bonds is 8. The average molecular weight is 456 g/mol. The molecule has 1 fully saturated rings. The molecule has 4 rings (SSSR count). The van der Waals surface area contributed by atoms with Crippen LogP contribution in [0.2, 0.25) is 0 Å². The average Bonchev–Trinajstić information content (AvgIpc) is 3.29. The van der Waals surface area contributed by atoms with Crippen LogP contribution in [0.25, 0.3) is 16.6 Å². The molecule has 8 heteroatoms. The fraction of sp³-hybridized carbons (Fsp3) is 0.640. The van der Waals surface area contributed by atoms with Crippen molar-refractivity contribution in [2.24, 2.45) is 11.8 Å². The van der Waals surface area contributed by atoms with Gasteiger partial charge in [-0.05, 0) is 44.6 Å². The largest absolute Gasteiger partial charge is 0.460 e. The summed E-state index contributed by atoms with van der Waals surface area (Å²) >= 11 is 0. The highest BCUT2D eigenvalue weighted by Crippen LogP contribution is 2.24. The van der Waals surface area contributed by atoms with E-state index in [0.29, 0.717) is 30.5 Å². The summed E-state index contributed by atoms with van der Waals surface area (Å²) in [5, 5.41) is 7.66. The zero-order chi connectivity index (χ0) is 23.7. The first-order valence-electron chi connectivity index (χ1n) is 12.4. The molecule has 1 aliphatic rings. The molecule has 0 unspecified atom stereocenters. The van der Waals surface area contributed by atoms with E-state index in [1.54, 1.807) is 6.07 Å². The minimum Gasteiger partial charge on any atom is -0.460 e. The zero-order valence-corrected chi connectivity index (χ0v) is 20.6. The maximum absolute atomic E-state index is 13.3. The lowest BCUT2D eigenvalue weighted by Gasteiger charge is -2.35. The molecule has 4 heterocycles. The first kappa shape index (κ1) is 23.5. The van der Waals surface area contributed by atoms with E-state index in [0.717, 1.165) is 55.0 Å². The van der Waals surface area contributed by atoms with E-state index in [9.17, 15) is 9.59 Å². The van der Waals surface area contributed by atoms with Crippen molar-refractivity contribution in [3.63, 3.8) is 0 Å². The number of piperidine rings is 1. The van der Waals surface area contributed by atoms with E-state index < -0.39 is 6.04 Å². The van der Waals surface area contributed by atoms with Crippen molar-refractivity contribution in [1.29, 1.82) is 0 Å². The molecule has 8 nitrogen and oxygen atoms in total. The van der Waals surface area contributed by atoms with Gasteiger partial charge in [0.25, 0.3) is 5.56 Å². The Hall–Kier alpha value is -2.61. The maximum atomic E-state index is 13.3. The number of nitrogens with one attached hydrogen (secondary N) is 1. The van der Waals surface area contributed by atoms with Gasteiger partial charge in [0, 0.05) is 38.2 Å². The molecule has 1 N–H and O–H groups in total. The van der Waals surface area contributed by atoms with Crippen LogP contribution in [0.5, 0.6) is 0 Å². The topological polar surface area (TPSA) is 84.8 Å². The van der Waals surface area contributed by atoms with Crippen LogP contribution >= 0.6 is 0 Å². The summed E-state index contributed by atoms with van der Waals surface area (Å²) in [5.74, 6) is 2.84. The van der Waals surface area contributed by atoms with Crippen molar-refractivity contribution in [3.05, 3.63) is 34.1 Å². The van der Waals surface area contributed by atoms with Crippen LogP contribution in [-0.2, 0) is 11.2 Å². The van der Waals surface area contributed by atoms with Crippen molar-refractivity contribution in [2.45, 2.75) is 66.3 Å². The number of fused-ring (bicyclic) bond motifs is 3. The molecule has 180 valence electrons. The van der Waals surface area contributed by atoms with Gasteiger partial charge in [-0.1, -0.05) is 27.7 Å². The van der Waals surface area contributed by atoms with Crippen molar-refractivity contribution in [3.8, 4) is 0 Å². The van der Waals surface area contributed by atoms with Crippen molar-refractivity contribution in [2.75, 3.05) is 26.2 Å². The molecule has 0 saturated carbocycles. The van der Waals surface area contributed by atoms with Crippen molar-refractivity contribution in [1.82, 2.24) is 24.4 Å². The molecule has 0 radical (unpaired) electrons. The smallest absolute Gasteiger partial charge is 0.291 e. The molecule has 0 aliphatic carbocycles. The number of carbonyl (C=O) groups is 1. The van der Waals surface area contributed by atoms with Gasteiger partial charge >= 0.3 is 0 Å². The lowest BCUT2D eigenvalue weighted by molar-refractivity contribution is -0.124. The first-order valence-corrected chi connectivity index (χ1v) is 12.4. The fourth-order valence-corrected chi connectivity index (χ4v) is 5.40. The van der Waals surface area contributed by atoms with Gasteiger partial charge in [0.1, 0.15) is 23.1 Å². The predicted octanol–water partition coefficient (Wildman–Crippen LogP) is 3.55.